The molecule has 0 bridgehead atoms. The molecule has 2 aromatic carbocycles. The molecule has 0 saturated carbocycles. The van der Waals surface area contributed by atoms with Gasteiger partial charge in [0.1, 0.15) is 11.8 Å². The highest BCUT2D eigenvalue weighted by atomic mass is 79.9. The largest absolute Gasteiger partial charge is 0.503 e. The zero-order chi connectivity index (χ0) is 25.3. The molecule has 0 radical (unpaired) electrons. The van der Waals surface area contributed by atoms with Gasteiger partial charge in [-0.05, 0) is 59.6 Å². The predicted molar refractivity (Wildman–Crippen MR) is 136 cm³/mol. The molecule has 0 aliphatic carbocycles. The van der Waals surface area contributed by atoms with Crippen molar-refractivity contribution in [3.8, 4) is 17.2 Å². The summed E-state index contributed by atoms with van der Waals surface area (Å²) in [5.74, 6) is 0.240. The zero-order valence-electron chi connectivity index (χ0n) is 19.5. The lowest BCUT2D eigenvalue weighted by Crippen LogP contribution is -2.40. The van der Waals surface area contributed by atoms with Crippen molar-refractivity contribution in [2.75, 3.05) is 20.8 Å². The molecule has 4 rings (SSSR count). The van der Waals surface area contributed by atoms with Crippen LogP contribution in [0.3, 0.4) is 0 Å². The minimum atomic E-state index is -0.773. The number of esters is 1. The predicted octanol–water partition coefficient (Wildman–Crippen LogP) is 3.28. The standard InChI is InChI=1S/C25H23BrN2O6S/c1-5-34-24(31)20-13(2)27-25-28(21(20)15-8-6-7-9-17(15)32-3)23(30)19(35-25)12-14-10-16(26)22(29)18(11-14)33-4/h6-12,21,29H,5H2,1-4H3. The fourth-order valence-corrected chi connectivity index (χ4v) is 5.47. The molecule has 182 valence electrons. The molecule has 0 amide bonds. The number of halogens is 1. The Morgan fingerprint density at radius 3 is 2.63 bits per heavy atom. The Kier molecular flexibility index (Phi) is 7.13. The SMILES string of the molecule is CCOC(=O)C1=C(C)N=c2sc(=Cc3cc(Br)c(O)c(OC)c3)c(=O)n2C1c1ccccc1OC. The lowest BCUT2D eigenvalue weighted by atomic mass is 9.95. The molecule has 0 fully saturated rings. The fourth-order valence-electron chi connectivity index (χ4n) is 3.96. The van der Waals surface area contributed by atoms with Crippen LogP contribution in [0.5, 0.6) is 17.2 Å². The summed E-state index contributed by atoms with van der Waals surface area (Å²) >= 11 is 4.51. The molecule has 1 aromatic heterocycles. The number of rotatable bonds is 6. The van der Waals surface area contributed by atoms with Gasteiger partial charge in [0.05, 0.1) is 41.1 Å². The molecule has 1 aliphatic rings. The van der Waals surface area contributed by atoms with E-state index in [1.54, 1.807) is 45.2 Å². The number of phenols is 1. The number of methoxy groups -OCH3 is 2. The van der Waals surface area contributed by atoms with E-state index < -0.39 is 12.0 Å². The number of nitrogens with zero attached hydrogens (tertiary/aromatic N) is 2. The topological polar surface area (TPSA) is 99.4 Å². The summed E-state index contributed by atoms with van der Waals surface area (Å²) in [6.45, 7) is 3.65. The average molecular weight is 559 g/mol. The summed E-state index contributed by atoms with van der Waals surface area (Å²) in [6.07, 6.45) is 1.69. The third-order valence-electron chi connectivity index (χ3n) is 5.52. The van der Waals surface area contributed by atoms with Gasteiger partial charge in [0, 0.05) is 5.56 Å². The normalized spacial score (nSPS) is 15.5. The van der Waals surface area contributed by atoms with Crippen molar-refractivity contribution in [1.82, 2.24) is 4.57 Å². The molecule has 0 saturated heterocycles. The number of para-hydroxylation sites is 1. The summed E-state index contributed by atoms with van der Waals surface area (Å²) in [5.41, 5.74) is 1.73. The van der Waals surface area contributed by atoms with Crippen molar-refractivity contribution in [1.29, 1.82) is 0 Å². The van der Waals surface area contributed by atoms with Crippen molar-refractivity contribution >= 4 is 39.3 Å². The van der Waals surface area contributed by atoms with Crippen molar-refractivity contribution in [2.24, 2.45) is 4.99 Å². The molecule has 1 unspecified atom stereocenters. The number of hydrogen-bond donors (Lipinski definition) is 1. The first-order chi connectivity index (χ1) is 16.8. The maximum atomic E-state index is 13.7. The minimum Gasteiger partial charge on any atom is -0.503 e. The molecular weight excluding hydrogens is 536 g/mol. The van der Waals surface area contributed by atoms with E-state index in [4.69, 9.17) is 14.2 Å². The Balaban J connectivity index is 1.99. The molecule has 10 heteroatoms. The highest BCUT2D eigenvalue weighted by Crippen LogP contribution is 2.36. The Morgan fingerprint density at radius 2 is 1.94 bits per heavy atom. The number of aromatic nitrogens is 1. The van der Waals surface area contributed by atoms with Gasteiger partial charge < -0.3 is 19.3 Å². The van der Waals surface area contributed by atoms with Crippen LogP contribution in [-0.2, 0) is 9.53 Å². The second-order valence-electron chi connectivity index (χ2n) is 7.60. The maximum Gasteiger partial charge on any atom is 0.338 e. The van der Waals surface area contributed by atoms with Gasteiger partial charge in [0.25, 0.3) is 5.56 Å². The van der Waals surface area contributed by atoms with Crippen LogP contribution < -0.4 is 24.4 Å². The maximum absolute atomic E-state index is 13.7. The van der Waals surface area contributed by atoms with Crippen molar-refractivity contribution < 1.29 is 24.1 Å². The zero-order valence-corrected chi connectivity index (χ0v) is 21.9. The number of aromatic hydroxyl groups is 1. The Hall–Kier alpha value is -3.37. The minimum absolute atomic E-state index is 0.0306. The quantitative estimate of drug-likeness (QED) is 0.466. The number of benzene rings is 2. The van der Waals surface area contributed by atoms with E-state index in [2.05, 4.69) is 20.9 Å². The summed E-state index contributed by atoms with van der Waals surface area (Å²) in [5, 5.41) is 10.1. The summed E-state index contributed by atoms with van der Waals surface area (Å²) in [6, 6.07) is 9.79. The van der Waals surface area contributed by atoms with Gasteiger partial charge in [-0.15, -0.1) is 0 Å². The number of fused-ring (bicyclic) bond motifs is 1. The van der Waals surface area contributed by atoms with E-state index >= 15 is 0 Å². The van der Waals surface area contributed by atoms with Crippen LogP contribution in [0.2, 0.25) is 0 Å². The molecule has 0 spiro atoms. The van der Waals surface area contributed by atoms with Crippen LogP contribution >= 0.6 is 27.3 Å². The first kappa shape index (κ1) is 24.7. The molecule has 35 heavy (non-hydrogen) atoms. The molecule has 1 N–H and O–H groups in total. The van der Waals surface area contributed by atoms with Crippen LogP contribution in [0, 0.1) is 0 Å². The van der Waals surface area contributed by atoms with Gasteiger partial charge in [-0.2, -0.15) is 0 Å². The van der Waals surface area contributed by atoms with Crippen LogP contribution in [-0.4, -0.2) is 36.5 Å². The van der Waals surface area contributed by atoms with E-state index in [1.807, 2.05) is 18.2 Å². The van der Waals surface area contributed by atoms with Crippen LogP contribution in [0.25, 0.3) is 6.08 Å². The number of hydrogen-bond acceptors (Lipinski definition) is 8. The average Bonchev–Trinajstić information content (AvgIpc) is 3.14. The number of carbonyl (C=O) groups is 1. The Morgan fingerprint density at radius 1 is 1.23 bits per heavy atom. The van der Waals surface area contributed by atoms with E-state index in [0.717, 1.165) is 0 Å². The van der Waals surface area contributed by atoms with E-state index in [1.165, 1.54) is 23.0 Å². The first-order valence-corrected chi connectivity index (χ1v) is 12.3. The van der Waals surface area contributed by atoms with E-state index in [0.29, 0.717) is 36.4 Å². The molecular formula is C25H23BrN2O6S. The number of phenolic OH excluding ortho intramolecular Hbond substituents is 1. The third kappa shape index (κ3) is 4.51. The second-order valence-corrected chi connectivity index (χ2v) is 9.46. The third-order valence-corrected chi connectivity index (χ3v) is 7.11. The van der Waals surface area contributed by atoms with Gasteiger partial charge in [0.15, 0.2) is 16.3 Å². The Bertz CT molecular complexity index is 1520. The second kappa shape index (κ2) is 10.1. The molecule has 1 aliphatic heterocycles. The Labute approximate surface area is 213 Å². The number of carbonyl (C=O) groups excluding carboxylic acids is 1. The summed E-state index contributed by atoms with van der Waals surface area (Å²) < 4.78 is 18.4. The smallest absolute Gasteiger partial charge is 0.338 e. The fraction of sp³-hybridized carbons (Fsp3) is 0.240. The van der Waals surface area contributed by atoms with Gasteiger partial charge in [0.2, 0.25) is 0 Å². The lowest BCUT2D eigenvalue weighted by molar-refractivity contribution is -0.139. The van der Waals surface area contributed by atoms with Gasteiger partial charge >= 0.3 is 5.97 Å². The van der Waals surface area contributed by atoms with Crippen molar-refractivity contribution in [3.63, 3.8) is 0 Å². The molecule has 2 heterocycles. The molecule has 1 atom stereocenters. The first-order valence-electron chi connectivity index (χ1n) is 10.7. The lowest BCUT2D eigenvalue weighted by Gasteiger charge is -2.25. The van der Waals surface area contributed by atoms with Crippen molar-refractivity contribution in [3.05, 3.63) is 83.0 Å². The van der Waals surface area contributed by atoms with E-state index in [9.17, 15) is 14.7 Å². The highest BCUT2D eigenvalue weighted by Gasteiger charge is 2.34. The highest BCUT2D eigenvalue weighted by molar-refractivity contribution is 9.10. The van der Waals surface area contributed by atoms with Crippen LogP contribution in [0.1, 0.15) is 31.0 Å². The van der Waals surface area contributed by atoms with E-state index in [-0.39, 0.29) is 29.2 Å². The van der Waals surface area contributed by atoms with Crippen LogP contribution in [0.15, 0.2) is 61.9 Å². The molecule has 8 nitrogen and oxygen atoms in total. The van der Waals surface area contributed by atoms with Gasteiger partial charge in [-0.3, -0.25) is 9.36 Å². The number of allylic oxidation sites excluding steroid dienone is 1. The summed E-state index contributed by atoms with van der Waals surface area (Å²) in [7, 11) is 2.99. The number of thiazole rings is 1. The number of ether oxygens (including phenoxy) is 3. The van der Waals surface area contributed by atoms with Crippen LogP contribution in [0.4, 0.5) is 0 Å². The monoisotopic (exact) mass is 558 g/mol. The van der Waals surface area contributed by atoms with Crippen molar-refractivity contribution in [2.45, 2.75) is 19.9 Å². The van der Waals surface area contributed by atoms with Gasteiger partial charge in [-0.1, -0.05) is 29.5 Å². The summed E-state index contributed by atoms with van der Waals surface area (Å²) in [4.78, 5) is 31.7. The van der Waals surface area contributed by atoms with Gasteiger partial charge in [-0.25, -0.2) is 9.79 Å². The molecule has 3 aromatic rings.